The highest BCUT2D eigenvalue weighted by atomic mass is 32.1. The predicted molar refractivity (Wildman–Crippen MR) is 134 cm³/mol. The molecule has 0 aliphatic heterocycles. The van der Waals surface area contributed by atoms with Crippen LogP contribution in [0.25, 0.3) is 11.1 Å². The van der Waals surface area contributed by atoms with Crippen molar-refractivity contribution in [2.45, 2.75) is 45.1 Å². The molecule has 1 aromatic heterocycles. The first kappa shape index (κ1) is 24.4. The monoisotopic (exact) mass is 493 g/mol. The number of fused-ring (bicyclic) bond motifs is 3. The maximum Gasteiger partial charge on any atom is 0.407 e. The largest absolute Gasteiger partial charge is 0.481 e. The van der Waals surface area contributed by atoms with Crippen molar-refractivity contribution < 1.29 is 24.2 Å². The first-order valence-electron chi connectivity index (χ1n) is 11.5. The summed E-state index contributed by atoms with van der Waals surface area (Å²) in [5, 5.41) is 14.7. The Labute approximate surface area is 207 Å². The van der Waals surface area contributed by atoms with E-state index < -0.39 is 24.0 Å². The fourth-order valence-corrected chi connectivity index (χ4v) is 5.23. The van der Waals surface area contributed by atoms with Crippen LogP contribution in [0.3, 0.4) is 0 Å². The van der Waals surface area contributed by atoms with Gasteiger partial charge in [0.15, 0.2) is 5.13 Å². The molecule has 0 spiro atoms. The number of aromatic nitrogens is 1. The maximum atomic E-state index is 12.8. The first-order chi connectivity index (χ1) is 16.9. The molecule has 0 radical (unpaired) electrons. The van der Waals surface area contributed by atoms with Gasteiger partial charge in [0.25, 0.3) is 0 Å². The molecule has 0 saturated carbocycles. The molecule has 4 rings (SSSR count). The summed E-state index contributed by atoms with van der Waals surface area (Å²) in [5.74, 6) is -1.71. The quantitative estimate of drug-likeness (QED) is 0.397. The van der Waals surface area contributed by atoms with E-state index in [1.807, 2.05) is 62.4 Å². The number of anilines is 1. The van der Waals surface area contributed by atoms with Gasteiger partial charge in [0, 0.05) is 17.2 Å². The van der Waals surface area contributed by atoms with Gasteiger partial charge in [-0.2, -0.15) is 0 Å². The summed E-state index contributed by atoms with van der Waals surface area (Å²) in [7, 11) is 0. The molecule has 1 heterocycles. The van der Waals surface area contributed by atoms with E-state index in [0.29, 0.717) is 5.13 Å². The topological polar surface area (TPSA) is 118 Å². The van der Waals surface area contributed by atoms with Gasteiger partial charge >= 0.3 is 12.1 Å². The van der Waals surface area contributed by atoms with Gasteiger partial charge in [0.05, 0.1) is 5.69 Å². The van der Waals surface area contributed by atoms with Crippen molar-refractivity contribution in [3.8, 4) is 11.1 Å². The molecule has 0 fully saturated rings. The molecule has 3 aromatic rings. The van der Waals surface area contributed by atoms with Crippen molar-refractivity contribution in [3.05, 3.63) is 70.2 Å². The fraction of sp³-hybridized carbons (Fsp3) is 0.308. The fourth-order valence-electron chi connectivity index (χ4n) is 4.32. The van der Waals surface area contributed by atoms with Crippen molar-refractivity contribution in [1.29, 1.82) is 0 Å². The Morgan fingerprint density at radius 1 is 1.09 bits per heavy atom. The van der Waals surface area contributed by atoms with Crippen LogP contribution in [0.15, 0.2) is 48.5 Å². The summed E-state index contributed by atoms with van der Waals surface area (Å²) in [6.45, 7) is 3.99. The van der Waals surface area contributed by atoms with Crippen LogP contribution in [-0.4, -0.2) is 40.7 Å². The lowest BCUT2D eigenvalue weighted by molar-refractivity contribution is -0.137. The molecule has 2 amide bonds. The Kier molecular flexibility index (Phi) is 7.45. The van der Waals surface area contributed by atoms with Gasteiger partial charge in [-0.15, -0.1) is 11.3 Å². The minimum atomic E-state index is -1.07. The number of ether oxygens (including phenoxy) is 1. The van der Waals surface area contributed by atoms with Crippen LogP contribution < -0.4 is 10.6 Å². The Morgan fingerprint density at radius 3 is 2.29 bits per heavy atom. The molecule has 0 bridgehead atoms. The number of carboxylic acids is 1. The second-order valence-electron chi connectivity index (χ2n) is 8.32. The molecule has 0 saturated heterocycles. The zero-order valence-corrected chi connectivity index (χ0v) is 20.4. The van der Waals surface area contributed by atoms with E-state index in [0.717, 1.165) is 39.2 Å². The number of amides is 2. The van der Waals surface area contributed by atoms with Crippen molar-refractivity contribution in [2.24, 2.45) is 0 Å². The number of carbonyl (C=O) groups is 3. The van der Waals surface area contributed by atoms with Crippen LogP contribution in [0.4, 0.5) is 9.93 Å². The minimum absolute atomic E-state index is 0.0731. The van der Waals surface area contributed by atoms with Crippen LogP contribution >= 0.6 is 11.3 Å². The molecular weight excluding hydrogens is 466 g/mol. The van der Waals surface area contributed by atoms with Crippen LogP contribution in [0.2, 0.25) is 0 Å². The lowest BCUT2D eigenvalue weighted by Gasteiger charge is -2.19. The molecule has 1 aliphatic carbocycles. The second-order valence-corrected chi connectivity index (χ2v) is 9.52. The Hall–Kier alpha value is -3.72. The highest BCUT2D eigenvalue weighted by Gasteiger charge is 2.30. The summed E-state index contributed by atoms with van der Waals surface area (Å²) < 4.78 is 5.53. The third kappa shape index (κ3) is 5.51. The van der Waals surface area contributed by atoms with E-state index in [4.69, 9.17) is 9.84 Å². The number of aryl methyl sites for hydroxylation is 2. The van der Waals surface area contributed by atoms with E-state index in [1.54, 1.807) is 0 Å². The SMILES string of the molecule is CCc1nc(NC(=O)C(CCC(=O)O)NC(=O)OCC2c3ccccc3-c3ccccc32)sc1C. The van der Waals surface area contributed by atoms with Gasteiger partial charge in [-0.3, -0.25) is 9.59 Å². The maximum absolute atomic E-state index is 12.8. The third-order valence-corrected chi connectivity index (χ3v) is 6.99. The van der Waals surface area contributed by atoms with Crippen LogP contribution in [0.1, 0.15) is 47.4 Å². The summed E-state index contributed by atoms with van der Waals surface area (Å²) in [4.78, 5) is 42.0. The van der Waals surface area contributed by atoms with Crippen LogP contribution in [0, 0.1) is 6.92 Å². The molecule has 9 heteroatoms. The average Bonchev–Trinajstić information content (AvgIpc) is 3.36. The Bertz CT molecular complexity index is 1210. The third-order valence-electron chi connectivity index (χ3n) is 6.06. The first-order valence-corrected chi connectivity index (χ1v) is 12.3. The van der Waals surface area contributed by atoms with Crippen LogP contribution in [-0.2, 0) is 20.7 Å². The zero-order valence-electron chi connectivity index (χ0n) is 19.5. The zero-order chi connectivity index (χ0) is 24.9. The van der Waals surface area contributed by atoms with E-state index in [1.165, 1.54) is 11.3 Å². The van der Waals surface area contributed by atoms with Gasteiger partial charge in [0.2, 0.25) is 5.91 Å². The Morgan fingerprint density at radius 2 is 1.71 bits per heavy atom. The molecule has 35 heavy (non-hydrogen) atoms. The van der Waals surface area contributed by atoms with Gasteiger partial charge in [-0.05, 0) is 42.0 Å². The molecule has 1 aliphatic rings. The van der Waals surface area contributed by atoms with Crippen molar-refractivity contribution in [3.63, 3.8) is 0 Å². The predicted octanol–water partition coefficient (Wildman–Crippen LogP) is 4.72. The number of hydrogen-bond donors (Lipinski definition) is 3. The highest BCUT2D eigenvalue weighted by molar-refractivity contribution is 7.15. The van der Waals surface area contributed by atoms with E-state index >= 15 is 0 Å². The van der Waals surface area contributed by atoms with Crippen LogP contribution in [0.5, 0.6) is 0 Å². The molecule has 182 valence electrons. The van der Waals surface area contributed by atoms with E-state index in [2.05, 4.69) is 15.6 Å². The number of carbonyl (C=O) groups excluding carboxylic acids is 2. The summed E-state index contributed by atoms with van der Waals surface area (Å²) >= 11 is 1.34. The molecule has 1 atom stereocenters. The summed E-state index contributed by atoms with van der Waals surface area (Å²) in [6, 6.07) is 14.9. The molecule has 8 nitrogen and oxygen atoms in total. The van der Waals surface area contributed by atoms with E-state index in [-0.39, 0.29) is 25.4 Å². The van der Waals surface area contributed by atoms with E-state index in [9.17, 15) is 14.4 Å². The molecular formula is C26H27N3O5S. The number of benzene rings is 2. The number of carboxylic acid groups (broad SMARTS) is 1. The minimum Gasteiger partial charge on any atom is -0.481 e. The number of aliphatic carboxylic acids is 1. The average molecular weight is 494 g/mol. The van der Waals surface area contributed by atoms with Gasteiger partial charge in [-0.25, -0.2) is 9.78 Å². The standard InChI is InChI=1S/C26H27N3O5S/c1-3-21-15(2)35-25(27-21)29-24(32)22(12-13-23(30)31)28-26(33)34-14-20-18-10-6-4-8-16(18)17-9-5-7-11-19(17)20/h4-11,20,22H,3,12-14H2,1-2H3,(H,28,33)(H,30,31)(H,27,29,32). The van der Waals surface area contributed by atoms with Crippen molar-refractivity contribution in [2.75, 3.05) is 11.9 Å². The number of hydrogen-bond acceptors (Lipinski definition) is 6. The van der Waals surface area contributed by atoms with Crippen molar-refractivity contribution >= 4 is 34.4 Å². The number of rotatable bonds is 9. The second kappa shape index (κ2) is 10.7. The smallest absolute Gasteiger partial charge is 0.407 e. The van der Waals surface area contributed by atoms with Crippen molar-refractivity contribution in [1.82, 2.24) is 10.3 Å². The summed E-state index contributed by atoms with van der Waals surface area (Å²) in [5.41, 5.74) is 5.26. The molecule has 1 unspecified atom stereocenters. The lowest BCUT2D eigenvalue weighted by Crippen LogP contribution is -2.44. The highest BCUT2D eigenvalue weighted by Crippen LogP contribution is 2.44. The molecule has 2 aromatic carbocycles. The normalized spacial score (nSPS) is 13.0. The number of alkyl carbamates (subject to hydrolysis) is 1. The summed E-state index contributed by atoms with van der Waals surface area (Å²) in [6.07, 6.45) is -0.393. The number of nitrogens with one attached hydrogen (secondary N) is 2. The lowest BCUT2D eigenvalue weighted by atomic mass is 9.98. The number of nitrogens with zero attached hydrogens (tertiary/aromatic N) is 1. The number of thiazole rings is 1. The Balaban J connectivity index is 1.42. The van der Waals surface area contributed by atoms with Gasteiger partial charge < -0.3 is 20.5 Å². The van der Waals surface area contributed by atoms with Gasteiger partial charge in [0.1, 0.15) is 12.6 Å². The molecule has 3 N–H and O–H groups in total. The van der Waals surface area contributed by atoms with Gasteiger partial charge in [-0.1, -0.05) is 55.5 Å².